The molecule has 2 heterocycles. The first-order valence-electron chi connectivity index (χ1n) is 3.60. The number of hydrogen-bond donors (Lipinski definition) is 1. The van der Waals surface area contributed by atoms with Gasteiger partial charge in [0.15, 0.2) is 0 Å². The minimum atomic E-state index is -0.529. The van der Waals surface area contributed by atoms with Gasteiger partial charge in [0, 0.05) is 18.6 Å². The molecule has 0 aromatic carbocycles. The van der Waals surface area contributed by atoms with E-state index in [0.29, 0.717) is 16.2 Å². The van der Waals surface area contributed by atoms with Crippen molar-refractivity contribution in [2.45, 2.75) is 0 Å². The first-order valence-corrected chi connectivity index (χ1v) is 3.98. The van der Waals surface area contributed by atoms with Gasteiger partial charge in [-0.1, -0.05) is 11.6 Å². The maximum atomic E-state index is 11.0. The van der Waals surface area contributed by atoms with Crippen molar-refractivity contribution in [1.29, 1.82) is 0 Å². The summed E-state index contributed by atoms with van der Waals surface area (Å²) in [5.41, 5.74) is 6.01. The molecule has 2 aromatic heterocycles. The van der Waals surface area contributed by atoms with E-state index in [2.05, 4.69) is 4.98 Å². The number of pyridine rings is 1. The zero-order valence-corrected chi connectivity index (χ0v) is 7.32. The summed E-state index contributed by atoms with van der Waals surface area (Å²) in [7, 11) is 0. The van der Waals surface area contributed by atoms with Crippen molar-refractivity contribution >= 4 is 23.2 Å². The molecule has 2 aromatic rings. The fourth-order valence-electron chi connectivity index (χ4n) is 1.18. The van der Waals surface area contributed by atoms with Crippen molar-refractivity contribution in [1.82, 2.24) is 9.38 Å². The predicted octanol–water partition coefficient (Wildman–Crippen LogP) is 1.09. The van der Waals surface area contributed by atoms with E-state index < -0.39 is 5.91 Å². The van der Waals surface area contributed by atoms with E-state index in [4.69, 9.17) is 17.3 Å². The molecule has 0 bridgehead atoms. The van der Waals surface area contributed by atoms with E-state index in [1.54, 1.807) is 23.0 Å². The van der Waals surface area contributed by atoms with Gasteiger partial charge in [0.2, 0.25) is 0 Å². The number of hydrogen-bond acceptors (Lipinski definition) is 2. The largest absolute Gasteiger partial charge is 0.365 e. The summed E-state index contributed by atoms with van der Waals surface area (Å²) in [6, 6.07) is 1.51. The molecule has 0 fully saturated rings. The van der Waals surface area contributed by atoms with Crippen LogP contribution in [-0.2, 0) is 0 Å². The van der Waals surface area contributed by atoms with Gasteiger partial charge in [0.1, 0.15) is 5.65 Å². The third-order valence-electron chi connectivity index (χ3n) is 1.72. The summed E-state index contributed by atoms with van der Waals surface area (Å²) >= 11 is 5.77. The smallest absolute Gasteiger partial charge is 0.252 e. The fourth-order valence-corrected chi connectivity index (χ4v) is 1.39. The van der Waals surface area contributed by atoms with E-state index in [-0.39, 0.29) is 0 Å². The first-order chi connectivity index (χ1) is 6.18. The van der Waals surface area contributed by atoms with Crippen molar-refractivity contribution < 1.29 is 4.79 Å². The van der Waals surface area contributed by atoms with Gasteiger partial charge in [0.25, 0.3) is 5.91 Å². The van der Waals surface area contributed by atoms with E-state index in [9.17, 15) is 4.79 Å². The number of carbonyl (C=O) groups is 1. The molecular weight excluding hydrogens is 190 g/mol. The lowest BCUT2D eigenvalue weighted by molar-refractivity contribution is 0.100. The quantitative estimate of drug-likeness (QED) is 0.741. The van der Waals surface area contributed by atoms with Gasteiger partial charge in [0.05, 0.1) is 10.6 Å². The number of rotatable bonds is 1. The van der Waals surface area contributed by atoms with Crippen LogP contribution in [0.4, 0.5) is 0 Å². The third kappa shape index (κ3) is 1.25. The molecule has 0 aliphatic heterocycles. The Bertz CT molecular complexity index is 477. The minimum absolute atomic E-state index is 0.331. The fraction of sp³-hybridized carbons (Fsp3) is 0. The topological polar surface area (TPSA) is 60.4 Å². The van der Waals surface area contributed by atoms with Crippen LogP contribution in [0.15, 0.2) is 24.7 Å². The monoisotopic (exact) mass is 195 g/mol. The van der Waals surface area contributed by atoms with Gasteiger partial charge in [-0.3, -0.25) is 4.79 Å². The lowest BCUT2D eigenvalue weighted by Crippen LogP contribution is -2.12. The molecule has 2 rings (SSSR count). The Labute approximate surface area is 78.9 Å². The number of amides is 1. The number of primary amides is 1. The molecule has 66 valence electrons. The van der Waals surface area contributed by atoms with Gasteiger partial charge in [-0.2, -0.15) is 0 Å². The standard InChI is InChI=1S/C8H6ClN3O/c9-5-3-6(7(10)13)8-11-1-2-12(8)4-5/h1-4H,(H2,10,13). The molecule has 0 radical (unpaired) electrons. The average Bonchev–Trinajstić information content (AvgIpc) is 2.49. The van der Waals surface area contributed by atoms with Crippen molar-refractivity contribution in [3.8, 4) is 0 Å². The highest BCUT2D eigenvalue weighted by Gasteiger charge is 2.08. The van der Waals surface area contributed by atoms with Crippen LogP contribution in [0.5, 0.6) is 0 Å². The van der Waals surface area contributed by atoms with Crippen LogP contribution in [-0.4, -0.2) is 15.3 Å². The molecule has 0 aliphatic rings. The lowest BCUT2D eigenvalue weighted by atomic mass is 10.2. The molecule has 0 spiro atoms. The van der Waals surface area contributed by atoms with Crippen molar-refractivity contribution in [2.75, 3.05) is 0 Å². The van der Waals surface area contributed by atoms with Crippen LogP contribution in [0, 0.1) is 0 Å². The molecule has 0 saturated heterocycles. The molecule has 1 amide bonds. The molecule has 5 heteroatoms. The van der Waals surface area contributed by atoms with Crippen molar-refractivity contribution in [2.24, 2.45) is 5.73 Å². The molecule has 13 heavy (non-hydrogen) atoms. The maximum Gasteiger partial charge on any atom is 0.252 e. The second-order valence-corrected chi connectivity index (χ2v) is 3.03. The second-order valence-electron chi connectivity index (χ2n) is 2.59. The molecule has 4 nitrogen and oxygen atoms in total. The number of halogens is 1. The van der Waals surface area contributed by atoms with Crippen LogP contribution >= 0.6 is 11.6 Å². The average molecular weight is 196 g/mol. The van der Waals surface area contributed by atoms with E-state index in [1.165, 1.54) is 6.07 Å². The van der Waals surface area contributed by atoms with Crippen LogP contribution < -0.4 is 5.73 Å². The van der Waals surface area contributed by atoms with Crippen molar-refractivity contribution in [3.63, 3.8) is 0 Å². The summed E-state index contributed by atoms with van der Waals surface area (Å²) in [6.45, 7) is 0. The first kappa shape index (κ1) is 8.07. The van der Waals surface area contributed by atoms with Gasteiger partial charge in [-0.25, -0.2) is 4.98 Å². The van der Waals surface area contributed by atoms with Crippen molar-refractivity contribution in [3.05, 3.63) is 35.2 Å². The maximum absolute atomic E-state index is 11.0. The molecule has 2 N–H and O–H groups in total. The number of carbonyl (C=O) groups excluding carboxylic acids is 1. The summed E-state index contributed by atoms with van der Waals surface area (Å²) in [5, 5.41) is 0.458. The summed E-state index contributed by atoms with van der Waals surface area (Å²) in [4.78, 5) is 15.0. The van der Waals surface area contributed by atoms with Gasteiger partial charge in [-0.15, -0.1) is 0 Å². The number of fused-ring (bicyclic) bond motifs is 1. The zero-order chi connectivity index (χ0) is 9.42. The van der Waals surface area contributed by atoms with E-state index in [0.717, 1.165) is 0 Å². The summed E-state index contributed by atoms with van der Waals surface area (Å²) < 4.78 is 1.66. The van der Waals surface area contributed by atoms with Gasteiger partial charge in [-0.05, 0) is 6.07 Å². The highest BCUT2D eigenvalue weighted by Crippen LogP contribution is 2.15. The Morgan fingerprint density at radius 2 is 2.38 bits per heavy atom. The molecular formula is C8H6ClN3O. The SMILES string of the molecule is NC(=O)c1cc(Cl)cn2ccnc12. The molecule has 0 unspecified atom stereocenters. The molecule has 0 atom stereocenters. The summed E-state index contributed by atoms with van der Waals surface area (Å²) in [6.07, 6.45) is 4.95. The Kier molecular flexibility index (Phi) is 1.70. The van der Waals surface area contributed by atoms with Gasteiger partial charge >= 0.3 is 0 Å². The Morgan fingerprint density at radius 3 is 3.08 bits per heavy atom. The van der Waals surface area contributed by atoms with E-state index >= 15 is 0 Å². The Hall–Kier alpha value is -1.55. The normalized spacial score (nSPS) is 10.5. The van der Waals surface area contributed by atoms with Crippen LogP contribution in [0.25, 0.3) is 5.65 Å². The zero-order valence-electron chi connectivity index (χ0n) is 6.57. The highest BCUT2D eigenvalue weighted by atomic mass is 35.5. The Morgan fingerprint density at radius 1 is 1.62 bits per heavy atom. The number of aromatic nitrogens is 2. The molecule has 0 aliphatic carbocycles. The van der Waals surface area contributed by atoms with E-state index in [1.807, 2.05) is 0 Å². The highest BCUT2D eigenvalue weighted by molar-refractivity contribution is 6.31. The molecule has 0 saturated carbocycles. The van der Waals surface area contributed by atoms with Gasteiger partial charge < -0.3 is 10.1 Å². The van der Waals surface area contributed by atoms with Crippen LogP contribution in [0.2, 0.25) is 5.02 Å². The van der Waals surface area contributed by atoms with Crippen LogP contribution in [0.3, 0.4) is 0 Å². The predicted molar refractivity (Wildman–Crippen MR) is 48.7 cm³/mol. The number of nitrogens with two attached hydrogens (primary N) is 1. The second kappa shape index (κ2) is 2.74. The number of nitrogens with zero attached hydrogens (tertiary/aromatic N) is 2. The Balaban J connectivity index is 2.84. The summed E-state index contributed by atoms with van der Waals surface area (Å²) in [5.74, 6) is -0.529. The van der Waals surface area contributed by atoms with Crippen LogP contribution in [0.1, 0.15) is 10.4 Å². The third-order valence-corrected chi connectivity index (χ3v) is 1.93. The number of imidazole rings is 1. The minimum Gasteiger partial charge on any atom is -0.365 e. The lowest BCUT2D eigenvalue weighted by Gasteiger charge is -1.99.